The zero-order chi connectivity index (χ0) is 11.9. The van der Waals surface area contributed by atoms with E-state index in [-0.39, 0.29) is 0 Å². The van der Waals surface area contributed by atoms with Crippen molar-refractivity contribution >= 4 is 0 Å². The smallest absolute Gasteiger partial charge is 0.0805 e. The molecule has 0 N–H and O–H groups in total. The molecule has 1 aliphatic heterocycles. The van der Waals surface area contributed by atoms with Gasteiger partial charge in [0.1, 0.15) is 0 Å². The van der Waals surface area contributed by atoms with Crippen LogP contribution in [0.2, 0.25) is 0 Å². The number of ether oxygens (including phenoxy) is 1. The Hall–Kier alpha value is -0.0400. The third kappa shape index (κ3) is 0.959. The zero-order valence-corrected chi connectivity index (χ0v) is 11.6. The molecule has 4 unspecified atom stereocenters. The molecule has 2 spiro atoms. The maximum Gasteiger partial charge on any atom is 0.0805 e. The molecule has 0 aromatic rings. The lowest BCUT2D eigenvalue weighted by atomic mass is 9.55. The molecule has 0 amide bonds. The van der Waals surface area contributed by atoms with Gasteiger partial charge in [0.25, 0.3) is 0 Å². The molecular formula is C16H26O. The fraction of sp³-hybridized carbons (Fsp3) is 1.00. The molecule has 96 valence electrons. The lowest BCUT2D eigenvalue weighted by Gasteiger charge is -2.51. The van der Waals surface area contributed by atoms with Crippen molar-refractivity contribution in [2.45, 2.75) is 64.9 Å². The van der Waals surface area contributed by atoms with E-state index in [0.717, 1.165) is 24.4 Å². The van der Waals surface area contributed by atoms with Gasteiger partial charge in [-0.25, -0.2) is 0 Å². The van der Waals surface area contributed by atoms with Crippen molar-refractivity contribution in [2.24, 2.45) is 28.6 Å². The third-order valence-electron chi connectivity index (χ3n) is 7.13. The van der Waals surface area contributed by atoms with Gasteiger partial charge in [-0.3, -0.25) is 0 Å². The second kappa shape index (κ2) is 2.92. The van der Waals surface area contributed by atoms with Gasteiger partial charge >= 0.3 is 0 Å². The highest BCUT2D eigenvalue weighted by molar-refractivity contribution is 5.33. The van der Waals surface area contributed by atoms with E-state index in [9.17, 15) is 0 Å². The molecule has 17 heavy (non-hydrogen) atoms. The summed E-state index contributed by atoms with van der Waals surface area (Å²) in [5, 5.41) is 0. The summed E-state index contributed by atoms with van der Waals surface area (Å²) in [5.74, 6) is 2.70. The second-order valence-electron chi connectivity index (χ2n) is 7.90. The summed E-state index contributed by atoms with van der Waals surface area (Å²) in [7, 11) is 0. The minimum absolute atomic E-state index is 0.341. The Morgan fingerprint density at radius 3 is 2.65 bits per heavy atom. The summed E-state index contributed by atoms with van der Waals surface area (Å²) >= 11 is 0. The van der Waals surface area contributed by atoms with Crippen LogP contribution in [-0.4, -0.2) is 12.2 Å². The summed E-state index contributed by atoms with van der Waals surface area (Å²) < 4.78 is 6.38. The Labute approximate surface area is 105 Å². The van der Waals surface area contributed by atoms with Crippen LogP contribution in [0, 0.1) is 28.6 Å². The summed E-state index contributed by atoms with van der Waals surface area (Å²) in [6.07, 6.45) is 8.59. The fourth-order valence-electron chi connectivity index (χ4n) is 6.68. The fourth-order valence-corrected chi connectivity index (χ4v) is 6.68. The third-order valence-corrected chi connectivity index (χ3v) is 7.13. The molecule has 0 aromatic carbocycles. The maximum atomic E-state index is 6.38. The molecule has 3 saturated carbocycles. The van der Waals surface area contributed by atoms with E-state index in [2.05, 4.69) is 20.8 Å². The van der Waals surface area contributed by atoms with Gasteiger partial charge in [-0.2, -0.15) is 0 Å². The van der Waals surface area contributed by atoms with E-state index >= 15 is 0 Å². The quantitative estimate of drug-likeness (QED) is 0.615. The molecular weight excluding hydrogens is 208 g/mol. The van der Waals surface area contributed by atoms with Crippen LogP contribution in [-0.2, 0) is 4.74 Å². The van der Waals surface area contributed by atoms with Gasteiger partial charge < -0.3 is 4.74 Å². The molecule has 0 aromatic heterocycles. The van der Waals surface area contributed by atoms with E-state index in [1.54, 1.807) is 0 Å². The van der Waals surface area contributed by atoms with Crippen molar-refractivity contribution in [3.63, 3.8) is 0 Å². The van der Waals surface area contributed by atoms with Gasteiger partial charge in [0.2, 0.25) is 0 Å². The van der Waals surface area contributed by atoms with Crippen LogP contribution in [0.1, 0.15) is 59.3 Å². The molecule has 1 nitrogen and oxygen atoms in total. The monoisotopic (exact) mass is 234 g/mol. The van der Waals surface area contributed by atoms with Crippen molar-refractivity contribution in [1.29, 1.82) is 0 Å². The average Bonchev–Trinajstić information content (AvgIpc) is 2.65. The number of hydrogen-bond acceptors (Lipinski definition) is 1. The highest BCUT2D eigenvalue weighted by atomic mass is 16.5. The van der Waals surface area contributed by atoms with Crippen LogP contribution in [0.3, 0.4) is 0 Å². The molecule has 1 heteroatoms. The van der Waals surface area contributed by atoms with Gasteiger partial charge in [0.15, 0.2) is 0 Å². The second-order valence-corrected chi connectivity index (χ2v) is 7.90. The van der Waals surface area contributed by atoms with Crippen molar-refractivity contribution in [3.8, 4) is 0 Å². The van der Waals surface area contributed by atoms with Gasteiger partial charge in [-0.15, -0.1) is 0 Å². The first kappa shape index (κ1) is 10.8. The van der Waals surface area contributed by atoms with E-state index < -0.39 is 0 Å². The molecule has 4 fully saturated rings. The Balaban J connectivity index is 1.80. The molecule has 4 aliphatic rings. The first-order valence-electron chi connectivity index (χ1n) is 7.70. The van der Waals surface area contributed by atoms with E-state index in [1.807, 2.05) is 0 Å². The average molecular weight is 234 g/mol. The van der Waals surface area contributed by atoms with Gasteiger partial charge in [-0.05, 0) is 55.3 Å². The van der Waals surface area contributed by atoms with Crippen molar-refractivity contribution in [2.75, 3.05) is 6.61 Å². The predicted molar refractivity (Wildman–Crippen MR) is 68.7 cm³/mol. The lowest BCUT2D eigenvalue weighted by molar-refractivity contribution is -0.105. The number of hydrogen-bond donors (Lipinski definition) is 0. The van der Waals surface area contributed by atoms with Crippen LogP contribution >= 0.6 is 0 Å². The Morgan fingerprint density at radius 1 is 1.00 bits per heavy atom. The Bertz CT molecular complexity index is 361. The van der Waals surface area contributed by atoms with E-state index in [0.29, 0.717) is 16.4 Å². The van der Waals surface area contributed by atoms with Crippen LogP contribution in [0.15, 0.2) is 0 Å². The molecule has 0 radical (unpaired) electrons. The van der Waals surface area contributed by atoms with Crippen molar-refractivity contribution in [3.05, 3.63) is 0 Å². The van der Waals surface area contributed by atoms with Crippen LogP contribution in [0.4, 0.5) is 0 Å². The Morgan fingerprint density at radius 2 is 1.82 bits per heavy atom. The topological polar surface area (TPSA) is 9.23 Å². The molecule has 4 rings (SSSR count). The van der Waals surface area contributed by atoms with Gasteiger partial charge in [0.05, 0.1) is 5.60 Å². The maximum absolute atomic E-state index is 6.38. The zero-order valence-electron chi connectivity index (χ0n) is 11.6. The van der Waals surface area contributed by atoms with Gasteiger partial charge in [-0.1, -0.05) is 27.2 Å². The van der Waals surface area contributed by atoms with Gasteiger partial charge in [0, 0.05) is 12.0 Å². The predicted octanol–water partition coefficient (Wildman–Crippen LogP) is 4.02. The number of rotatable bonds is 0. The van der Waals surface area contributed by atoms with Crippen molar-refractivity contribution < 1.29 is 4.74 Å². The normalized spacial score (nSPS) is 59.1. The molecule has 5 atom stereocenters. The van der Waals surface area contributed by atoms with Crippen LogP contribution in [0.25, 0.3) is 0 Å². The first-order chi connectivity index (χ1) is 8.06. The molecule has 1 heterocycles. The summed E-state index contributed by atoms with van der Waals surface area (Å²) in [5.41, 5.74) is 1.53. The molecule has 0 bridgehead atoms. The minimum Gasteiger partial charge on any atom is -0.374 e. The largest absolute Gasteiger partial charge is 0.374 e. The SMILES string of the molecule is CC1CCC2C(C)(C)CCC[C@@]23C2CCOC123. The summed E-state index contributed by atoms with van der Waals surface area (Å²) in [6.45, 7) is 8.56. The van der Waals surface area contributed by atoms with Crippen LogP contribution in [0.5, 0.6) is 0 Å². The summed E-state index contributed by atoms with van der Waals surface area (Å²) in [4.78, 5) is 0. The first-order valence-corrected chi connectivity index (χ1v) is 7.70. The molecule has 1 saturated heterocycles. The lowest BCUT2D eigenvalue weighted by Crippen LogP contribution is -2.47. The van der Waals surface area contributed by atoms with Crippen LogP contribution < -0.4 is 0 Å². The minimum atomic E-state index is 0.341. The van der Waals surface area contributed by atoms with Crippen molar-refractivity contribution in [1.82, 2.24) is 0 Å². The van der Waals surface area contributed by atoms with E-state index in [1.165, 1.54) is 38.5 Å². The summed E-state index contributed by atoms with van der Waals surface area (Å²) in [6, 6.07) is 0. The Kier molecular flexibility index (Phi) is 1.86. The highest BCUT2D eigenvalue weighted by Crippen LogP contribution is 2.83. The highest BCUT2D eigenvalue weighted by Gasteiger charge is 2.85. The standard InChI is InChI=1S/C16H26O/c1-11-5-6-12-14(2,3)8-4-9-15(12)13-7-10-17-16(11,13)15/h11-13H,4-10H2,1-3H3/t11?,12?,13?,15-,16?/m0/s1. The molecule has 3 aliphatic carbocycles. The van der Waals surface area contributed by atoms with E-state index in [4.69, 9.17) is 4.74 Å².